The third-order valence-electron chi connectivity index (χ3n) is 6.96. The Bertz CT molecular complexity index is 554. The third kappa shape index (κ3) is 2.18. The van der Waals surface area contributed by atoms with Gasteiger partial charge in [-0.15, -0.1) is 0 Å². The normalized spacial score (nSPS) is 38.4. The van der Waals surface area contributed by atoms with Gasteiger partial charge in [-0.1, -0.05) is 44.4 Å². The quantitative estimate of drug-likeness (QED) is 0.746. The molecular formula is C20H30O2. The molecule has 0 heterocycles. The summed E-state index contributed by atoms with van der Waals surface area (Å²) >= 11 is 0. The second-order valence-electron chi connectivity index (χ2n) is 8.46. The van der Waals surface area contributed by atoms with Crippen molar-refractivity contribution in [1.29, 1.82) is 0 Å². The zero-order valence-corrected chi connectivity index (χ0v) is 14.5. The van der Waals surface area contributed by atoms with Gasteiger partial charge in [0.1, 0.15) is 0 Å². The zero-order chi connectivity index (χ0) is 16.1. The van der Waals surface area contributed by atoms with E-state index in [4.69, 9.17) is 0 Å². The lowest BCUT2D eigenvalue weighted by Crippen LogP contribution is -2.50. The number of hydrogen-bond acceptors (Lipinski definition) is 1. The SMILES string of the molecule is CC(C)C1=CC2=C(CC1)C1(C)CCCC(C)(C(=O)O)C1CC2. The van der Waals surface area contributed by atoms with Crippen LogP contribution in [0.3, 0.4) is 0 Å². The van der Waals surface area contributed by atoms with Crippen LogP contribution in [0.4, 0.5) is 0 Å². The predicted molar refractivity (Wildman–Crippen MR) is 89.6 cm³/mol. The Hall–Kier alpha value is -1.05. The van der Waals surface area contributed by atoms with Gasteiger partial charge in [-0.05, 0) is 68.3 Å². The maximum absolute atomic E-state index is 11.9. The Kier molecular flexibility index (Phi) is 3.78. The molecule has 3 aliphatic carbocycles. The fraction of sp³-hybridized carbons (Fsp3) is 0.750. The van der Waals surface area contributed by atoms with Gasteiger partial charge in [-0.3, -0.25) is 4.79 Å². The number of carboxylic acids is 1. The minimum absolute atomic E-state index is 0.109. The van der Waals surface area contributed by atoms with Crippen molar-refractivity contribution in [3.63, 3.8) is 0 Å². The van der Waals surface area contributed by atoms with Crippen LogP contribution in [0, 0.1) is 22.7 Å². The fourth-order valence-corrected chi connectivity index (χ4v) is 5.57. The molecule has 2 nitrogen and oxygen atoms in total. The van der Waals surface area contributed by atoms with Crippen molar-refractivity contribution >= 4 is 5.97 Å². The molecule has 0 aliphatic heterocycles. The summed E-state index contributed by atoms with van der Waals surface area (Å²) in [6.45, 7) is 8.93. The molecule has 3 rings (SSSR count). The first-order valence-corrected chi connectivity index (χ1v) is 8.95. The molecule has 2 heteroatoms. The average molecular weight is 302 g/mol. The molecule has 3 aliphatic rings. The summed E-state index contributed by atoms with van der Waals surface area (Å²) in [5, 5.41) is 9.83. The largest absolute Gasteiger partial charge is 0.481 e. The van der Waals surface area contributed by atoms with Crippen LogP contribution >= 0.6 is 0 Å². The highest BCUT2D eigenvalue weighted by molar-refractivity contribution is 5.75. The lowest BCUT2D eigenvalue weighted by Gasteiger charge is -2.55. The van der Waals surface area contributed by atoms with Gasteiger partial charge in [0, 0.05) is 0 Å². The van der Waals surface area contributed by atoms with Crippen LogP contribution in [0.25, 0.3) is 0 Å². The molecule has 0 aromatic carbocycles. The molecule has 1 saturated carbocycles. The van der Waals surface area contributed by atoms with E-state index in [0.717, 1.165) is 32.1 Å². The van der Waals surface area contributed by atoms with E-state index in [1.54, 1.807) is 16.7 Å². The number of rotatable bonds is 2. The molecule has 22 heavy (non-hydrogen) atoms. The minimum Gasteiger partial charge on any atom is -0.481 e. The number of aliphatic carboxylic acids is 1. The van der Waals surface area contributed by atoms with Gasteiger partial charge in [0.25, 0.3) is 0 Å². The van der Waals surface area contributed by atoms with E-state index in [1.807, 2.05) is 6.92 Å². The molecule has 1 N–H and O–H groups in total. The minimum atomic E-state index is -0.582. The molecule has 122 valence electrons. The molecule has 1 fully saturated rings. The van der Waals surface area contributed by atoms with E-state index in [-0.39, 0.29) is 5.41 Å². The van der Waals surface area contributed by atoms with Crippen LogP contribution < -0.4 is 0 Å². The summed E-state index contributed by atoms with van der Waals surface area (Å²) in [6, 6.07) is 0. The smallest absolute Gasteiger partial charge is 0.309 e. The van der Waals surface area contributed by atoms with E-state index in [9.17, 15) is 9.90 Å². The third-order valence-corrected chi connectivity index (χ3v) is 6.96. The van der Waals surface area contributed by atoms with Crippen LogP contribution in [0.15, 0.2) is 22.8 Å². The lowest BCUT2D eigenvalue weighted by molar-refractivity contribution is -0.159. The monoisotopic (exact) mass is 302 g/mol. The van der Waals surface area contributed by atoms with Gasteiger partial charge in [0.15, 0.2) is 0 Å². The standard InChI is InChI=1S/C20H30O2/c1-13(2)14-6-8-16-15(12-14)7-9-17-19(16,3)10-5-11-20(17,4)18(21)22/h12-13,17H,5-11H2,1-4H3,(H,21,22). The van der Waals surface area contributed by atoms with Crippen molar-refractivity contribution in [3.8, 4) is 0 Å². The fourth-order valence-electron chi connectivity index (χ4n) is 5.57. The van der Waals surface area contributed by atoms with Crippen LogP contribution in [-0.4, -0.2) is 11.1 Å². The molecule has 0 saturated heterocycles. The number of hydrogen-bond donors (Lipinski definition) is 1. The zero-order valence-electron chi connectivity index (χ0n) is 14.5. The summed E-state index contributed by atoms with van der Waals surface area (Å²) in [4.78, 5) is 11.9. The second kappa shape index (κ2) is 5.25. The highest BCUT2D eigenvalue weighted by atomic mass is 16.4. The number of allylic oxidation sites excluding steroid dienone is 4. The van der Waals surface area contributed by atoms with Crippen molar-refractivity contribution in [1.82, 2.24) is 0 Å². The maximum Gasteiger partial charge on any atom is 0.309 e. The molecule has 3 atom stereocenters. The molecule has 0 radical (unpaired) electrons. The second-order valence-corrected chi connectivity index (χ2v) is 8.46. The summed E-state index contributed by atoms with van der Waals surface area (Å²) in [7, 11) is 0. The molecule has 0 spiro atoms. The van der Waals surface area contributed by atoms with Gasteiger partial charge < -0.3 is 5.11 Å². The molecular weight excluding hydrogens is 272 g/mol. The van der Waals surface area contributed by atoms with Crippen molar-refractivity contribution in [2.75, 3.05) is 0 Å². The molecule has 0 bridgehead atoms. The summed E-state index contributed by atoms with van der Waals surface area (Å²) in [5.74, 6) is 0.357. The Morgan fingerprint density at radius 1 is 1.23 bits per heavy atom. The van der Waals surface area contributed by atoms with Gasteiger partial charge >= 0.3 is 5.97 Å². The lowest BCUT2D eigenvalue weighted by atomic mass is 9.48. The van der Waals surface area contributed by atoms with E-state index in [1.165, 1.54) is 12.8 Å². The maximum atomic E-state index is 11.9. The molecule has 3 unspecified atom stereocenters. The number of fused-ring (bicyclic) bond motifs is 2. The van der Waals surface area contributed by atoms with E-state index in [0.29, 0.717) is 11.8 Å². The van der Waals surface area contributed by atoms with Crippen LogP contribution in [0.2, 0.25) is 0 Å². The van der Waals surface area contributed by atoms with Crippen molar-refractivity contribution in [2.45, 2.75) is 72.6 Å². The van der Waals surface area contributed by atoms with Gasteiger partial charge in [-0.25, -0.2) is 0 Å². The van der Waals surface area contributed by atoms with Crippen molar-refractivity contribution in [2.24, 2.45) is 22.7 Å². The number of carbonyl (C=O) groups is 1. The van der Waals surface area contributed by atoms with Crippen LogP contribution in [0.5, 0.6) is 0 Å². The summed E-state index contributed by atoms with van der Waals surface area (Å²) in [6.07, 6.45) is 9.97. The van der Waals surface area contributed by atoms with Gasteiger partial charge in [0.2, 0.25) is 0 Å². The van der Waals surface area contributed by atoms with Crippen LogP contribution in [-0.2, 0) is 4.79 Å². The Morgan fingerprint density at radius 3 is 2.59 bits per heavy atom. The first-order valence-electron chi connectivity index (χ1n) is 8.95. The first kappa shape index (κ1) is 15.8. The van der Waals surface area contributed by atoms with E-state index >= 15 is 0 Å². The summed E-state index contributed by atoms with van der Waals surface area (Å²) in [5.41, 5.74) is 4.30. The van der Waals surface area contributed by atoms with Crippen molar-refractivity contribution < 1.29 is 9.90 Å². The molecule has 0 amide bonds. The Morgan fingerprint density at radius 2 is 1.95 bits per heavy atom. The molecule has 0 aromatic rings. The van der Waals surface area contributed by atoms with E-state index in [2.05, 4.69) is 26.8 Å². The molecule has 0 aromatic heterocycles. The first-order chi connectivity index (χ1) is 10.3. The average Bonchev–Trinajstić information content (AvgIpc) is 2.46. The predicted octanol–water partition coefficient (Wildman–Crippen LogP) is 5.35. The Balaban J connectivity index is 2.03. The number of carboxylic acid groups (broad SMARTS) is 1. The highest BCUT2D eigenvalue weighted by Gasteiger charge is 2.55. The van der Waals surface area contributed by atoms with Crippen molar-refractivity contribution in [3.05, 3.63) is 22.8 Å². The van der Waals surface area contributed by atoms with Gasteiger partial charge in [-0.2, -0.15) is 0 Å². The van der Waals surface area contributed by atoms with Crippen LogP contribution in [0.1, 0.15) is 72.6 Å². The van der Waals surface area contributed by atoms with E-state index < -0.39 is 11.4 Å². The van der Waals surface area contributed by atoms with Gasteiger partial charge in [0.05, 0.1) is 5.41 Å². The Labute approximate surface area is 134 Å². The highest BCUT2D eigenvalue weighted by Crippen LogP contribution is 2.61. The topological polar surface area (TPSA) is 37.3 Å². The summed E-state index contributed by atoms with van der Waals surface area (Å²) < 4.78 is 0.